The Bertz CT molecular complexity index is 2830. The average Bonchev–Trinajstić information content (AvgIpc) is 3.58. The van der Waals surface area contributed by atoms with Gasteiger partial charge in [-0.15, -0.1) is 0 Å². The number of carbonyl (C=O) groups excluding carboxylic acids is 2. The van der Waals surface area contributed by atoms with E-state index in [0.717, 1.165) is 113 Å². The van der Waals surface area contributed by atoms with Crippen molar-refractivity contribution >= 4 is 91.2 Å². The summed E-state index contributed by atoms with van der Waals surface area (Å²) < 4.78 is 4.95. The summed E-state index contributed by atoms with van der Waals surface area (Å²) in [6, 6.07) is 23.2. The third-order valence-corrected chi connectivity index (χ3v) is 14.8. The minimum atomic E-state index is -0.0262. The van der Waals surface area contributed by atoms with Crippen molar-refractivity contribution in [2.45, 2.75) is 65.2 Å². The molecule has 0 bridgehead atoms. The number of nitrogens with zero attached hydrogens (tertiary/aromatic N) is 6. The van der Waals surface area contributed by atoms with Gasteiger partial charge in [-0.25, -0.2) is 0 Å². The van der Waals surface area contributed by atoms with Crippen molar-refractivity contribution in [3.63, 3.8) is 0 Å². The van der Waals surface area contributed by atoms with Crippen LogP contribution in [0.1, 0.15) is 108 Å². The maximum absolute atomic E-state index is 12.9. The maximum Gasteiger partial charge on any atom is 0.249 e. The zero-order chi connectivity index (χ0) is 46.8. The van der Waals surface area contributed by atoms with Gasteiger partial charge < -0.3 is 9.80 Å². The summed E-state index contributed by atoms with van der Waals surface area (Å²) in [6.45, 7) is 2.80. The van der Waals surface area contributed by atoms with Gasteiger partial charge in [-0.3, -0.25) is 30.2 Å². The van der Waals surface area contributed by atoms with E-state index >= 15 is 0 Å². The van der Waals surface area contributed by atoms with Crippen LogP contribution < -0.4 is 14.2 Å². The molecule has 4 aliphatic rings. The number of pyridine rings is 4. The second kappa shape index (κ2) is 22.4. The highest BCUT2D eigenvalue weighted by atomic mass is 79.9. The number of piperidine rings is 2. The van der Waals surface area contributed by atoms with E-state index in [4.69, 9.17) is 28.2 Å². The van der Waals surface area contributed by atoms with Crippen LogP contribution >= 0.6 is 55.1 Å². The summed E-state index contributed by atoms with van der Waals surface area (Å²) in [4.78, 5) is 34.5. The zero-order valence-corrected chi connectivity index (χ0v) is 41.1. The quantitative estimate of drug-likeness (QED) is 0.113. The third kappa shape index (κ3) is 11.7. The first-order valence-corrected chi connectivity index (χ1v) is 24.7. The second-order valence-electron chi connectivity index (χ2n) is 17.6. The summed E-state index contributed by atoms with van der Waals surface area (Å²) in [5, 5.41) is 31.1. The number of aromatic nitrogens is 4. The van der Waals surface area contributed by atoms with Gasteiger partial charge in [0.15, 0.2) is 0 Å². The van der Waals surface area contributed by atoms with Crippen LogP contribution in [0, 0.1) is 11.8 Å². The first-order chi connectivity index (χ1) is 32.4. The smallest absolute Gasteiger partial charge is 0.249 e. The van der Waals surface area contributed by atoms with Crippen molar-refractivity contribution in [1.29, 1.82) is 0 Å². The molecule has 0 radical (unpaired) electrons. The summed E-state index contributed by atoms with van der Waals surface area (Å²) >= 11 is 19.7. The Kier molecular flexibility index (Phi) is 16.7. The fourth-order valence-electron chi connectivity index (χ4n) is 10.1. The molecule has 2 aromatic carbocycles. The predicted octanol–water partition coefficient (Wildman–Crippen LogP) is 10.6. The minimum Gasteiger partial charge on any atom is -0.342 e. The normalized spacial score (nSPS) is 17.3. The van der Waals surface area contributed by atoms with E-state index in [1.807, 2.05) is 52.4 Å². The molecule has 358 valence electrons. The van der Waals surface area contributed by atoms with Crippen molar-refractivity contribution in [2.75, 3.05) is 26.2 Å². The summed E-state index contributed by atoms with van der Waals surface area (Å²) in [7, 11) is 0. The number of rotatable bonds is 6. The van der Waals surface area contributed by atoms with E-state index in [0.29, 0.717) is 36.9 Å². The van der Waals surface area contributed by atoms with E-state index < -0.39 is 0 Å². The van der Waals surface area contributed by atoms with Crippen LogP contribution in [0.15, 0.2) is 119 Å². The van der Waals surface area contributed by atoms with Gasteiger partial charge in [-0.2, -0.15) is 0 Å². The molecule has 6 aromatic rings. The molecule has 10 rings (SSSR count). The first kappa shape index (κ1) is 51.3. The summed E-state index contributed by atoms with van der Waals surface area (Å²) in [5.41, 5.74) is 10.3. The monoisotopic (exact) mass is 1100 g/mol. The Labute approximate surface area is 430 Å². The van der Waals surface area contributed by atoms with Crippen LogP contribution in [-0.2, 0) is 22.4 Å². The van der Waals surface area contributed by atoms with Crippen LogP contribution in [0.4, 0.5) is 0 Å². The number of halogens is 4. The molecule has 3 N–H and O–H groups in total. The molecule has 6 heterocycles. The Balaban J connectivity index is 0.000000198. The molecule has 2 aliphatic carbocycles. The molecule has 15 heteroatoms. The number of likely N-dealkylation sites (tertiary alicyclic amines) is 2. The molecule has 2 amide bonds. The molecule has 2 atom stereocenters. The van der Waals surface area contributed by atoms with E-state index in [2.05, 4.69) is 68.3 Å². The Morgan fingerprint density at radius 3 is 1.54 bits per heavy atom. The highest BCUT2D eigenvalue weighted by Crippen LogP contribution is 2.45. The number of hydrogen-bond acceptors (Lipinski definition) is 6. The molecule has 0 spiro atoms. The van der Waals surface area contributed by atoms with E-state index in [-0.39, 0.29) is 44.4 Å². The third-order valence-electron chi connectivity index (χ3n) is 13.4. The van der Waals surface area contributed by atoms with Gasteiger partial charge in [-0.1, -0.05) is 68.4 Å². The lowest BCUT2D eigenvalue weighted by Crippen LogP contribution is -2.44. The molecule has 4 aromatic heterocycles. The zero-order valence-electron chi connectivity index (χ0n) is 36.4. The molecule has 0 saturated carbocycles. The molecule has 2 fully saturated rings. The van der Waals surface area contributed by atoms with Crippen LogP contribution in [0.2, 0.25) is 10.0 Å². The van der Waals surface area contributed by atoms with Crippen LogP contribution in [0.25, 0.3) is 24.3 Å². The number of hydrogen-bond donors (Lipinski definition) is 3. The van der Waals surface area contributed by atoms with Crippen molar-refractivity contribution in [3.05, 3.63) is 185 Å². The van der Waals surface area contributed by atoms with Gasteiger partial charge in [0, 0.05) is 96.8 Å². The highest BCUT2D eigenvalue weighted by molar-refractivity contribution is 9.10. The Morgan fingerprint density at radius 1 is 0.594 bits per heavy atom. The van der Waals surface area contributed by atoms with Gasteiger partial charge >= 0.3 is 0 Å². The van der Waals surface area contributed by atoms with Gasteiger partial charge in [0.05, 0.1) is 28.9 Å². The highest BCUT2D eigenvalue weighted by Gasteiger charge is 2.40. The Morgan fingerprint density at radius 2 is 1.03 bits per heavy atom. The van der Waals surface area contributed by atoms with Gasteiger partial charge in [0.25, 0.3) is 0 Å². The lowest BCUT2D eigenvalue weighted by Gasteiger charge is -2.37. The topological polar surface area (TPSA) is 126 Å². The molecule has 11 nitrogen and oxygen atoms in total. The standard InChI is InChI=1S/C26H25BrClN3O3.C26H24BrClN3O2.2CH4/c27-21-14-20-2-1-19-15-22(28)3-4-23(19)25(26(20)31(34)16-21)18-7-9-29(10-8-18)24(32)13-17-5-11-30(33)12-6-17;27-21-14-20-2-1-19-15-22(28)3-4-23(19)25(26(20)29-16-21)18-7-9-30(10-8-18)24(32)13-17-5-11-31(33)12-6-17;;/h1-6,11-12,14-16,18,25,33-34H,7-10,13H2;1-6,11-12,14-16,18,25,33H,7-10,13H2;2*1H4/q+2;+1;;/t2*25-;;/m00../s1. The van der Waals surface area contributed by atoms with Gasteiger partial charge in [0.1, 0.15) is 0 Å². The number of benzene rings is 2. The van der Waals surface area contributed by atoms with Crippen LogP contribution in [0.3, 0.4) is 0 Å². The lowest BCUT2D eigenvalue weighted by molar-refractivity contribution is -0.910. The summed E-state index contributed by atoms with van der Waals surface area (Å²) in [5.74, 6) is 0.980. The van der Waals surface area contributed by atoms with Crippen LogP contribution in [-0.4, -0.2) is 68.4 Å². The van der Waals surface area contributed by atoms with Gasteiger partial charge in [-0.05, 0) is 151 Å². The molecule has 69 heavy (non-hydrogen) atoms. The lowest BCUT2D eigenvalue weighted by atomic mass is 9.76. The fourth-order valence-corrected chi connectivity index (χ4v) is 11.3. The molecule has 0 unspecified atom stereocenters. The number of amides is 2. The van der Waals surface area contributed by atoms with Crippen molar-refractivity contribution in [3.8, 4) is 0 Å². The molecular formula is C54H57Br2Cl2N6O5+3. The molecule has 2 saturated heterocycles. The first-order valence-electron chi connectivity index (χ1n) is 22.4. The molecule has 2 aliphatic heterocycles. The van der Waals surface area contributed by atoms with E-state index in [1.165, 1.54) is 22.7 Å². The number of fused-ring (bicyclic) bond motifs is 4. The molecular weight excluding hydrogens is 1040 g/mol. The van der Waals surface area contributed by atoms with E-state index in [9.17, 15) is 25.2 Å². The van der Waals surface area contributed by atoms with Crippen molar-refractivity contribution < 1.29 is 39.4 Å². The van der Waals surface area contributed by atoms with E-state index in [1.54, 1.807) is 42.9 Å². The van der Waals surface area contributed by atoms with Crippen molar-refractivity contribution in [1.82, 2.24) is 14.8 Å². The summed E-state index contributed by atoms with van der Waals surface area (Å²) in [6.07, 6.45) is 22.2. The predicted molar refractivity (Wildman–Crippen MR) is 275 cm³/mol. The SMILES string of the molecule is C.C.O=C(Cc1cc[n+](O)cc1)N1CCC([C@H]2c3ccc(Cl)cc3C=Cc3cc(Br)c[n+](O)c32)CC1.O=C(Cc1cc[n+](O)cc1)N1CCC([C@H]2c3ccc(Cl)cc3C=Cc3cc(Br)cnc32)CC1. The van der Waals surface area contributed by atoms with Crippen LogP contribution in [0.5, 0.6) is 0 Å². The minimum absolute atomic E-state index is 0. The van der Waals surface area contributed by atoms with Gasteiger partial charge in [0.2, 0.25) is 48.5 Å². The largest absolute Gasteiger partial charge is 0.342 e. The fraction of sp³-hybridized carbons (Fsp3) is 0.296. The number of carbonyl (C=O) groups is 2. The average molecular weight is 1100 g/mol. The Hall–Kier alpha value is -5.60. The van der Waals surface area contributed by atoms with Crippen molar-refractivity contribution in [2.24, 2.45) is 11.8 Å². The maximum atomic E-state index is 12.9. The second-order valence-corrected chi connectivity index (χ2v) is 20.3.